The van der Waals surface area contributed by atoms with E-state index < -0.39 is 0 Å². The van der Waals surface area contributed by atoms with Gasteiger partial charge in [0.05, 0.1) is 7.11 Å². The van der Waals surface area contributed by atoms with E-state index >= 15 is 0 Å². The van der Waals surface area contributed by atoms with Crippen molar-refractivity contribution in [3.05, 3.63) is 35.9 Å². The van der Waals surface area contributed by atoms with Crippen LogP contribution in [0.2, 0.25) is 0 Å². The molecule has 12 heavy (non-hydrogen) atoms. The molecule has 1 aromatic rings. The van der Waals surface area contributed by atoms with E-state index in [0.717, 1.165) is 16.9 Å². The van der Waals surface area contributed by atoms with Crippen molar-refractivity contribution < 1.29 is 4.74 Å². The zero-order valence-electron chi connectivity index (χ0n) is 7.21. The second kappa shape index (κ2) is 3.93. The molecule has 1 aromatic carbocycles. The highest BCUT2D eigenvalue weighted by molar-refractivity contribution is 5.53. The van der Waals surface area contributed by atoms with E-state index in [9.17, 15) is 0 Å². The fourth-order valence-electron chi connectivity index (χ4n) is 1.08. The maximum atomic E-state index is 5.55. The lowest BCUT2D eigenvalue weighted by Crippen LogP contribution is -1.99. The van der Waals surface area contributed by atoms with Crippen LogP contribution in [0, 0.1) is 0 Å². The maximum absolute atomic E-state index is 5.55. The van der Waals surface area contributed by atoms with Crippen LogP contribution in [0.5, 0.6) is 5.75 Å². The van der Waals surface area contributed by atoms with Crippen molar-refractivity contribution in [1.82, 2.24) is 0 Å². The van der Waals surface area contributed by atoms with E-state index in [1.807, 2.05) is 18.2 Å². The van der Waals surface area contributed by atoms with Gasteiger partial charge in [0, 0.05) is 6.54 Å². The standard InChI is InChI=1S/C10H13NO/c1-3-8-4-5-10(12-2)6-9(8)7-11/h3-6H,1,7,11H2,2H3. The van der Waals surface area contributed by atoms with E-state index in [1.165, 1.54) is 0 Å². The highest BCUT2D eigenvalue weighted by Gasteiger charge is 1.98. The van der Waals surface area contributed by atoms with E-state index in [4.69, 9.17) is 10.5 Å². The summed E-state index contributed by atoms with van der Waals surface area (Å²) in [5, 5.41) is 0. The number of methoxy groups -OCH3 is 1. The van der Waals surface area contributed by atoms with Crippen LogP contribution < -0.4 is 10.5 Å². The fraction of sp³-hybridized carbons (Fsp3) is 0.200. The van der Waals surface area contributed by atoms with Gasteiger partial charge in [0.15, 0.2) is 0 Å². The lowest BCUT2D eigenvalue weighted by Gasteiger charge is -2.05. The molecule has 2 N–H and O–H groups in total. The van der Waals surface area contributed by atoms with Crippen LogP contribution in [-0.2, 0) is 6.54 Å². The van der Waals surface area contributed by atoms with Gasteiger partial charge in [0.25, 0.3) is 0 Å². The van der Waals surface area contributed by atoms with Crippen molar-refractivity contribution in [3.63, 3.8) is 0 Å². The Hall–Kier alpha value is -1.28. The molecule has 0 radical (unpaired) electrons. The molecule has 0 aliphatic carbocycles. The quantitative estimate of drug-likeness (QED) is 0.737. The van der Waals surface area contributed by atoms with Gasteiger partial charge in [-0.1, -0.05) is 18.7 Å². The molecule has 1 rings (SSSR count). The lowest BCUT2D eigenvalue weighted by atomic mass is 10.1. The molecule has 2 nitrogen and oxygen atoms in total. The van der Waals surface area contributed by atoms with Gasteiger partial charge in [-0.2, -0.15) is 0 Å². The van der Waals surface area contributed by atoms with Crippen LogP contribution >= 0.6 is 0 Å². The molecule has 0 saturated carbocycles. The van der Waals surface area contributed by atoms with Crippen LogP contribution in [0.25, 0.3) is 6.08 Å². The van der Waals surface area contributed by atoms with Crippen molar-refractivity contribution >= 4 is 6.08 Å². The molecule has 0 aromatic heterocycles. The van der Waals surface area contributed by atoms with Crippen molar-refractivity contribution in [2.24, 2.45) is 5.73 Å². The first kappa shape index (κ1) is 8.81. The predicted octanol–water partition coefficient (Wildman–Crippen LogP) is 1.80. The van der Waals surface area contributed by atoms with Crippen molar-refractivity contribution in [1.29, 1.82) is 0 Å². The number of nitrogens with two attached hydrogens (primary N) is 1. The third kappa shape index (κ3) is 1.66. The molecular formula is C10H13NO. The largest absolute Gasteiger partial charge is 0.497 e. The van der Waals surface area contributed by atoms with Crippen LogP contribution in [0.1, 0.15) is 11.1 Å². The average Bonchev–Trinajstić information content (AvgIpc) is 2.16. The molecule has 0 amide bonds. The number of hydrogen-bond acceptors (Lipinski definition) is 2. The van der Waals surface area contributed by atoms with E-state index in [-0.39, 0.29) is 0 Å². The monoisotopic (exact) mass is 163 g/mol. The van der Waals surface area contributed by atoms with Gasteiger partial charge >= 0.3 is 0 Å². The smallest absolute Gasteiger partial charge is 0.119 e. The van der Waals surface area contributed by atoms with Gasteiger partial charge in [0.2, 0.25) is 0 Å². The lowest BCUT2D eigenvalue weighted by molar-refractivity contribution is 0.414. The zero-order valence-corrected chi connectivity index (χ0v) is 7.21. The first-order valence-corrected chi connectivity index (χ1v) is 3.81. The number of rotatable bonds is 3. The Kier molecular flexibility index (Phi) is 2.88. The van der Waals surface area contributed by atoms with Gasteiger partial charge in [-0.05, 0) is 23.3 Å². The van der Waals surface area contributed by atoms with Crippen LogP contribution in [0.4, 0.5) is 0 Å². The Morgan fingerprint density at radius 1 is 1.58 bits per heavy atom. The van der Waals surface area contributed by atoms with Crippen LogP contribution in [0.3, 0.4) is 0 Å². The summed E-state index contributed by atoms with van der Waals surface area (Å²) in [6, 6.07) is 5.78. The summed E-state index contributed by atoms with van der Waals surface area (Å²) in [7, 11) is 1.64. The van der Waals surface area contributed by atoms with Crippen LogP contribution in [0.15, 0.2) is 24.8 Å². The summed E-state index contributed by atoms with van der Waals surface area (Å²) >= 11 is 0. The summed E-state index contributed by atoms with van der Waals surface area (Å²) in [5.41, 5.74) is 7.67. The molecule has 64 valence electrons. The fourth-order valence-corrected chi connectivity index (χ4v) is 1.08. The molecule has 0 fully saturated rings. The molecule has 0 heterocycles. The molecule has 2 heteroatoms. The third-order valence-corrected chi connectivity index (χ3v) is 1.79. The topological polar surface area (TPSA) is 35.2 Å². The normalized spacial score (nSPS) is 9.50. The van der Waals surface area contributed by atoms with E-state index in [0.29, 0.717) is 6.54 Å². The first-order valence-electron chi connectivity index (χ1n) is 3.81. The molecule has 0 saturated heterocycles. The Morgan fingerprint density at radius 3 is 2.83 bits per heavy atom. The average molecular weight is 163 g/mol. The minimum absolute atomic E-state index is 0.512. The summed E-state index contributed by atoms with van der Waals surface area (Å²) in [6.45, 7) is 4.21. The van der Waals surface area contributed by atoms with E-state index in [2.05, 4.69) is 6.58 Å². The number of hydrogen-bond donors (Lipinski definition) is 1. The molecular weight excluding hydrogens is 150 g/mol. The van der Waals surface area contributed by atoms with Gasteiger partial charge in [-0.15, -0.1) is 0 Å². The highest BCUT2D eigenvalue weighted by Crippen LogP contribution is 2.17. The van der Waals surface area contributed by atoms with Gasteiger partial charge < -0.3 is 10.5 Å². The molecule has 0 spiro atoms. The Morgan fingerprint density at radius 2 is 2.33 bits per heavy atom. The molecule has 0 unspecified atom stereocenters. The Bertz CT molecular complexity index is 281. The number of ether oxygens (including phenoxy) is 1. The molecule has 0 atom stereocenters. The van der Waals surface area contributed by atoms with Crippen molar-refractivity contribution in [3.8, 4) is 5.75 Å². The molecule has 0 aliphatic heterocycles. The minimum atomic E-state index is 0.512. The Labute approximate surface area is 72.7 Å². The Balaban J connectivity index is 3.10. The predicted molar refractivity (Wildman–Crippen MR) is 51.0 cm³/mol. The SMILES string of the molecule is C=Cc1ccc(OC)cc1CN. The second-order valence-electron chi connectivity index (χ2n) is 2.47. The summed E-state index contributed by atoms with van der Waals surface area (Å²) in [5.74, 6) is 0.834. The van der Waals surface area contributed by atoms with Gasteiger partial charge in [-0.3, -0.25) is 0 Å². The van der Waals surface area contributed by atoms with Gasteiger partial charge in [0.1, 0.15) is 5.75 Å². The van der Waals surface area contributed by atoms with Crippen molar-refractivity contribution in [2.75, 3.05) is 7.11 Å². The summed E-state index contributed by atoms with van der Waals surface area (Å²) in [4.78, 5) is 0. The summed E-state index contributed by atoms with van der Waals surface area (Å²) in [6.07, 6.45) is 1.79. The number of benzene rings is 1. The maximum Gasteiger partial charge on any atom is 0.119 e. The van der Waals surface area contributed by atoms with Crippen molar-refractivity contribution in [2.45, 2.75) is 6.54 Å². The van der Waals surface area contributed by atoms with Gasteiger partial charge in [-0.25, -0.2) is 0 Å². The molecule has 0 aliphatic rings. The zero-order chi connectivity index (χ0) is 8.97. The molecule has 0 bridgehead atoms. The summed E-state index contributed by atoms with van der Waals surface area (Å²) < 4.78 is 5.07. The third-order valence-electron chi connectivity index (χ3n) is 1.79. The highest BCUT2D eigenvalue weighted by atomic mass is 16.5. The minimum Gasteiger partial charge on any atom is -0.497 e. The second-order valence-corrected chi connectivity index (χ2v) is 2.47. The first-order chi connectivity index (χ1) is 5.81. The van der Waals surface area contributed by atoms with E-state index in [1.54, 1.807) is 13.2 Å². The van der Waals surface area contributed by atoms with Crippen LogP contribution in [-0.4, -0.2) is 7.11 Å².